The van der Waals surface area contributed by atoms with E-state index in [1.54, 1.807) is 43.3 Å². The van der Waals surface area contributed by atoms with Crippen LogP contribution in [0, 0.1) is 18.3 Å². The van der Waals surface area contributed by atoms with Gasteiger partial charge in [-0.15, -0.1) is 11.6 Å². The molecule has 124 valence electrons. The number of nitriles is 1. The van der Waals surface area contributed by atoms with Crippen molar-refractivity contribution < 1.29 is 4.79 Å². The highest BCUT2D eigenvalue weighted by Gasteiger charge is 2.19. The van der Waals surface area contributed by atoms with Gasteiger partial charge in [0.2, 0.25) is 5.91 Å². The van der Waals surface area contributed by atoms with E-state index < -0.39 is 11.3 Å². The summed E-state index contributed by atoms with van der Waals surface area (Å²) >= 11 is 18.0. The van der Waals surface area contributed by atoms with Gasteiger partial charge in [-0.1, -0.05) is 41.4 Å². The van der Waals surface area contributed by atoms with E-state index in [2.05, 4.69) is 11.4 Å². The Kier molecular flexibility index (Phi) is 6.12. The van der Waals surface area contributed by atoms with Gasteiger partial charge in [0, 0.05) is 15.7 Å². The van der Waals surface area contributed by atoms with E-state index in [-0.39, 0.29) is 5.91 Å². The molecule has 2 rings (SSSR count). The Labute approximate surface area is 156 Å². The van der Waals surface area contributed by atoms with E-state index in [0.29, 0.717) is 21.3 Å². The molecule has 0 saturated carbocycles. The monoisotopic (exact) mass is 380 g/mol. The molecule has 1 N–H and O–H groups in total. The fourth-order valence-electron chi connectivity index (χ4n) is 2.27. The summed E-state index contributed by atoms with van der Waals surface area (Å²) in [5.74, 6) is -0.830. The molecule has 6 heteroatoms. The molecule has 0 aliphatic heterocycles. The van der Waals surface area contributed by atoms with Crippen molar-refractivity contribution in [1.29, 1.82) is 5.26 Å². The number of carbonyl (C=O) groups excluding carboxylic acids is 1. The zero-order valence-corrected chi connectivity index (χ0v) is 15.4. The molecule has 0 spiro atoms. The van der Waals surface area contributed by atoms with Crippen molar-refractivity contribution in [3.05, 3.63) is 63.1 Å². The van der Waals surface area contributed by atoms with Crippen LogP contribution in [0.25, 0.3) is 0 Å². The second-order valence-corrected chi connectivity index (χ2v) is 6.91. The number of alkyl halides is 1. The lowest BCUT2D eigenvalue weighted by Gasteiger charge is -2.16. The lowest BCUT2D eigenvalue weighted by Crippen LogP contribution is -2.21. The third-order valence-electron chi connectivity index (χ3n) is 3.61. The highest BCUT2D eigenvalue weighted by atomic mass is 35.5. The molecule has 0 radical (unpaired) electrons. The number of aryl methyl sites for hydroxylation is 1. The van der Waals surface area contributed by atoms with Gasteiger partial charge < -0.3 is 5.32 Å². The van der Waals surface area contributed by atoms with Crippen molar-refractivity contribution in [3.8, 4) is 6.07 Å². The van der Waals surface area contributed by atoms with Crippen molar-refractivity contribution in [1.82, 2.24) is 0 Å². The summed E-state index contributed by atoms with van der Waals surface area (Å²) in [5, 5.41) is 12.7. The van der Waals surface area contributed by atoms with Gasteiger partial charge in [0.1, 0.15) is 5.38 Å². The van der Waals surface area contributed by atoms with Crippen molar-refractivity contribution in [2.75, 3.05) is 5.32 Å². The molecule has 24 heavy (non-hydrogen) atoms. The molecule has 0 aliphatic rings. The summed E-state index contributed by atoms with van der Waals surface area (Å²) in [4.78, 5) is 11.8. The molecular formula is C18H15Cl3N2O. The number of nitrogens with zero attached hydrogens (tertiary/aromatic N) is 1. The number of anilines is 1. The smallest absolute Gasteiger partial charge is 0.242 e. The molecule has 0 aromatic heterocycles. The summed E-state index contributed by atoms with van der Waals surface area (Å²) in [7, 11) is 0. The minimum Gasteiger partial charge on any atom is -0.325 e. The summed E-state index contributed by atoms with van der Waals surface area (Å²) in [5.41, 5.74) is 2.86. The standard InChI is InChI=1S/C18H15Cl3N2O/c1-10-7-14(15(9-22)12-3-5-13(20)6-4-12)16(21)8-17(10)23-18(24)11(2)19/h3-8,11,15H,1-2H3,(H,23,24)/t11-,15+/m1/s1. The molecule has 2 aromatic carbocycles. The van der Waals surface area contributed by atoms with Gasteiger partial charge in [-0.3, -0.25) is 4.79 Å². The number of benzene rings is 2. The third-order valence-corrected chi connectivity index (χ3v) is 4.38. The van der Waals surface area contributed by atoms with E-state index in [1.165, 1.54) is 0 Å². The molecule has 0 bridgehead atoms. The van der Waals surface area contributed by atoms with E-state index in [1.807, 2.05) is 6.92 Å². The van der Waals surface area contributed by atoms with E-state index in [0.717, 1.165) is 11.1 Å². The van der Waals surface area contributed by atoms with Gasteiger partial charge in [-0.05, 0) is 48.7 Å². The Hall–Kier alpha value is -1.73. The molecule has 0 saturated heterocycles. The summed E-state index contributed by atoms with van der Waals surface area (Å²) < 4.78 is 0. The fraction of sp³-hybridized carbons (Fsp3) is 0.222. The topological polar surface area (TPSA) is 52.9 Å². The number of halogens is 3. The number of hydrogen-bond donors (Lipinski definition) is 1. The average molecular weight is 382 g/mol. The van der Waals surface area contributed by atoms with Crippen molar-refractivity contribution in [2.24, 2.45) is 0 Å². The van der Waals surface area contributed by atoms with Crippen LogP contribution < -0.4 is 5.32 Å². The molecule has 3 nitrogen and oxygen atoms in total. The highest BCUT2D eigenvalue weighted by molar-refractivity contribution is 6.33. The molecule has 1 amide bonds. The number of hydrogen-bond acceptors (Lipinski definition) is 2. The Morgan fingerprint density at radius 1 is 1.21 bits per heavy atom. The normalized spacial score (nSPS) is 13.0. The van der Waals surface area contributed by atoms with Gasteiger partial charge in [0.25, 0.3) is 0 Å². The van der Waals surface area contributed by atoms with E-state index in [4.69, 9.17) is 34.8 Å². The zero-order valence-electron chi connectivity index (χ0n) is 13.1. The number of carbonyl (C=O) groups is 1. The van der Waals surface area contributed by atoms with Crippen LogP contribution in [0.3, 0.4) is 0 Å². The largest absolute Gasteiger partial charge is 0.325 e. The first-order valence-corrected chi connectivity index (χ1v) is 8.42. The SMILES string of the molecule is Cc1cc([C@@H](C#N)c2ccc(Cl)cc2)c(Cl)cc1NC(=O)[C@@H](C)Cl. The average Bonchev–Trinajstić information content (AvgIpc) is 2.54. The molecule has 2 atom stereocenters. The minimum atomic E-state index is -0.649. The third kappa shape index (κ3) is 4.21. The van der Waals surface area contributed by atoms with Crippen LogP contribution in [0.2, 0.25) is 10.0 Å². The van der Waals surface area contributed by atoms with Crippen molar-refractivity contribution in [2.45, 2.75) is 25.1 Å². The highest BCUT2D eigenvalue weighted by Crippen LogP contribution is 2.34. The first-order chi connectivity index (χ1) is 11.3. The number of amides is 1. The van der Waals surface area contributed by atoms with Crippen LogP contribution in [-0.2, 0) is 4.79 Å². The lowest BCUT2D eigenvalue weighted by molar-refractivity contribution is -0.115. The predicted octanol–water partition coefficient (Wildman–Crippen LogP) is 5.52. The van der Waals surface area contributed by atoms with Gasteiger partial charge in [0.15, 0.2) is 0 Å². The molecular weight excluding hydrogens is 367 g/mol. The van der Waals surface area contributed by atoms with E-state index >= 15 is 0 Å². The maximum atomic E-state index is 11.8. The predicted molar refractivity (Wildman–Crippen MR) is 99.0 cm³/mol. The van der Waals surface area contributed by atoms with Crippen LogP contribution in [-0.4, -0.2) is 11.3 Å². The molecule has 2 aromatic rings. The quantitative estimate of drug-likeness (QED) is 0.709. The lowest BCUT2D eigenvalue weighted by atomic mass is 9.91. The summed E-state index contributed by atoms with van der Waals surface area (Å²) in [6.07, 6.45) is 0. The van der Waals surface area contributed by atoms with Crippen LogP contribution in [0.1, 0.15) is 29.5 Å². The van der Waals surface area contributed by atoms with E-state index in [9.17, 15) is 10.1 Å². The molecule has 0 heterocycles. The first kappa shape index (κ1) is 18.6. The Morgan fingerprint density at radius 2 is 1.83 bits per heavy atom. The van der Waals surface area contributed by atoms with Crippen LogP contribution >= 0.6 is 34.8 Å². The van der Waals surface area contributed by atoms with Crippen molar-refractivity contribution in [3.63, 3.8) is 0 Å². The van der Waals surface area contributed by atoms with Crippen molar-refractivity contribution >= 4 is 46.4 Å². The maximum absolute atomic E-state index is 11.8. The summed E-state index contributed by atoms with van der Waals surface area (Å²) in [6, 6.07) is 12.8. The van der Waals surface area contributed by atoms with Gasteiger partial charge in [-0.2, -0.15) is 5.26 Å². The minimum absolute atomic E-state index is 0.307. The van der Waals surface area contributed by atoms with Crippen LogP contribution in [0.5, 0.6) is 0 Å². The second kappa shape index (κ2) is 7.90. The van der Waals surface area contributed by atoms with Gasteiger partial charge in [-0.25, -0.2) is 0 Å². The number of rotatable bonds is 4. The summed E-state index contributed by atoms with van der Waals surface area (Å²) in [6.45, 7) is 3.43. The van der Waals surface area contributed by atoms with Crippen LogP contribution in [0.15, 0.2) is 36.4 Å². The Morgan fingerprint density at radius 3 is 2.38 bits per heavy atom. The maximum Gasteiger partial charge on any atom is 0.242 e. The molecule has 0 aliphatic carbocycles. The van der Waals surface area contributed by atoms with Gasteiger partial charge in [0.05, 0.1) is 12.0 Å². The Balaban J connectivity index is 2.40. The second-order valence-electron chi connectivity index (χ2n) is 5.41. The first-order valence-electron chi connectivity index (χ1n) is 7.23. The zero-order chi connectivity index (χ0) is 17.9. The molecule has 0 fully saturated rings. The van der Waals surface area contributed by atoms with Gasteiger partial charge >= 0.3 is 0 Å². The Bertz CT molecular complexity index is 795. The fourth-order valence-corrected chi connectivity index (χ4v) is 2.72. The molecule has 0 unspecified atom stereocenters. The van der Waals surface area contributed by atoms with Crippen LogP contribution in [0.4, 0.5) is 5.69 Å². The number of nitrogens with one attached hydrogen (secondary N) is 1.